The molecule has 3 saturated heterocycles. The molecule has 4 saturated carbocycles. The van der Waals surface area contributed by atoms with Gasteiger partial charge >= 0.3 is 6.18 Å². The molecule has 7 fully saturated rings. The zero-order chi connectivity index (χ0) is 32.9. The van der Waals surface area contributed by atoms with Crippen molar-refractivity contribution in [3.05, 3.63) is 0 Å². The van der Waals surface area contributed by atoms with Crippen LogP contribution in [0.3, 0.4) is 0 Å². The van der Waals surface area contributed by atoms with Gasteiger partial charge < -0.3 is 25.2 Å². The summed E-state index contributed by atoms with van der Waals surface area (Å²) in [6.07, 6.45) is 9.22. The topological polar surface area (TPSA) is 96.6 Å². The molecule has 2 bridgehead atoms. The van der Waals surface area contributed by atoms with Crippen molar-refractivity contribution >= 4 is 0 Å². The van der Waals surface area contributed by atoms with Gasteiger partial charge in [-0.25, -0.2) is 0 Å². The van der Waals surface area contributed by atoms with E-state index in [1.807, 2.05) is 0 Å². The summed E-state index contributed by atoms with van der Waals surface area (Å²) < 4.78 is 47.0. The maximum Gasteiger partial charge on any atom is 0.394 e. The van der Waals surface area contributed by atoms with Crippen LogP contribution in [0.5, 0.6) is 0 Å². The summed E-state index contributed by atoms with van der Waals surface area (Å²) in [6.45, 7) is 2.57. The lowest BCUT2D eigenvalue weighted by atomic mass is 9.66. The number of aliphatic hydroxyl groups excluding tert-OH is 4. The Balaban J connectivity index is 1.06. The number of hydrogen-bond donors (Lipinski definition) is 4. The third kappa shape index (κ3) is 7.18. The van der Waals surface area contributed by atoms with Gasteiger partial charge in [0.15, 0.2) is 0 Å². The first-order valence-corrected chi connectivity index (χ1v) is 19.5. The van der Waals surface area contributed by atoms with Gasteiger partial charge in [0.05, 0.1) is 42.0 Å². The van der Waals surface area contributed by atoms with Crippen molar-refractivity contribution in [2.75, 3.05) is 19.6 Å². The molecule has 11 unspecified atom stereocenters. The molecular weight excluding hydrogens is 609 g/mol. The zero-order valence-electron chi connectivity index (χ0n) is 28.3. The summed E-state index contributed by atoms with van der Waals surface area (Å²) in [5.41, 5.74) is -0.731. The molecule has 4 aliphatic carbocycles. The number of aliphatic hydroxyl groups is 4. The first-order chi connectivity index (χ1) is 22.5. The van der Waals surface area contributed by atoms with E-state index < -0.39 is 42.2 Å². The molecule has 3 heterocycles. The molecule has 0 aromatic heterocycles. The smallest absolute Gasteiger partial charge is 0.393 e. The molecule has 47 heavy (non-hydrogen) atoms. The van der Waals surface area contributed by atoms with Gasteiger partial charge in [0.2, 0.25) is 0 Å². The molecule has 0 aromatic rings. The van der Waals surface area contributed by atoms with E-state index in [2.05, 4.69) is 9.80 Å². The maximum absolute atomic E-state index is 13.4. The van der Waals surface area contributed by atoms with Crippen LogP contribution in [0.4, 0.5) is 13.2 Å². The Morgan fingerprint density at radius 2 is 1.55 bits per heavy atom. The van der Waals surface area contributed by atoms with Gasteiger partial charge in [-0.2, -0.15) is 13.2 Å². The number of likely N-dealkylation sites (tertiary alicyclic amines) is 1. The van der Waals surface area contributed by atoms with Gasteiger partial charge in [-0.15, -0.1) is 0 Å². The lowest BCUT2D eigenvalue weighted by Gasteiger charge is -2.41. The van der Waals surface area contributed by atoms with E-state index >= 15 is 0 Å². The second-order valence-electron chi connectivity index (χ2n) is 17.0. The number of halogens is 3. The summed E-state index contributed by atoms with van der Waals surface area (Å²) >= 11 is 0. The van der Waals surface area contributed by atoms with Crippen molar-refractivity contribution in [1.29, 1.82) is 0 Å². The molecule has 7 rings (SSSR count). The number of nitrogens with zero attached hydrogens (tertiary/aromatic N) is 2. The maximum atomic E-state index is 13.4. The van der Waals surface area contributed by atoms with Crippen LogP contribution in [-0.4, -0.2) is 104 Å². The molecule has 1 spiro atoms. The highest BCUT2D eigenvalue weighted by molar-refractivity contribution is 5.21. The highest BCUT2D eigenvalue weighted by Gasteiger charge is 2.72. The van der Waals surface area contributed by atoms with Gasteiger partial charge in [0, 0.05) is 31.0 Å². The summed E-state index contributed by atoms with van der Waals surface area (Å²) in [5.74, 6) is -1.04. The van der Waals surface area contributed by atoms with Crippen molar-refractivity contribution in [2.24, 2.45) is 35.5 Å². The van der Waals surface area contributed by atoms with E-state index in [0.29, 0.717) is 37.8 Å². The highest BCUT2D eigenvalue weighted by atomic mass is 19.4. The molecule has 11 atom stereocenters. The van der Waals surface area contributed by atoms with Gasteiger partial charge in [0.25, 0.3) is 0 Å². The standard InChI is InChI=1S/C37H61F3N2O5/c38-37(39,40)27-14-12-25(21-29(27)44)22-30(45)32-31-16-17-36(47-31)33(32)35(46)42(34(36)28(43)15-13-23-5-1-2-6-23)20-19-41(26-8-3-9-26)18-4-7-24-10-11-24/h23-35,43-46H,1-22H2. The SMILES string of the molecule is OC(CC1CCC(C(F)(F)F)C(O)C1)C1C2CCC3(O2)C1C(O)N(CCN(CCCC1CC1)C1CCC1)C3C(O)CCC1CCCC1. The first kappa shape index (κ1) is 34.9. The van der Waals surface area contributed by atoms with Crippen molar-refractivity contribution in [2.45, 2.75) is 177 Å². The molecular formula is C37H61F3N2O5. The van der Waals surface area contributed by atoms with E-state index in [1.54, 1.807) is 0 Å². The fourth-order valence-corrected chi connectivity index (χ4v) is 11.3. The third-order valence-corrected chi connectivity index (χ3v) is 14.2. The van der Waals surface area contributed by atoms with Crippen molar-refractivity contribution in [3.8, 4) is 0 Å². The number of fused-ring (bicyclic) bond motifs is 1. The molecule has 270 valence electrons. The molecule has 3 aliphatic heterocycles. The number of rotatable bonds is 15. The van der Waals surface area contributed by atoms with Crippen molar-refractivity contribution in [1.82, 2.24) is 9.80 Å². The van der Waals surface area contributed by atoms with E-state index in [-0.39, 0.29) is 42.7 Å². The summed E-state index contributed by atoms with van der Waals surface area (Å²) in [4.78, 5) is 4.76. The highest BCUT2D eigenvalue weighted by Crippen LogP contribution is 2.62. The van der Waals surface area contributed by atoms with Crippen LogP contribution in [-0.2, 0) is 4.74 Å². The van der Waals surface area contributed by atoms with Gasteiger partial charge in [-0.05, 0) is 101 Å². The Morgan fingerprint density at radius 1 is 0.830 bits per heavy atom. The summed E-state index contributed by atoms with van der Waals surface area (Å²) in [7, 11) is 0. The largest absolute Gasteiger partial charge is 0.394 e. The number of hydrogen-bond acceptors (Lipinski definition) is 7. The van der Waals surface area contributed by atoms with Gasteiger partial charge in [-0.1, -0.05) is 44.9 Å². The molecule has 10 heteroatoms. The van der Waals surface area contributed by atoms with Crippen LogP contribution in [0.25, 0.3) is 0 Å². The minimum atomic E-state index is -4.41. The Morgan fingerprint density at radius 3 is 2.21 bits per heavy atom. The van der Waals surface area contributed by atoms with Crippen LogP contribution in [0.15, 0.2) is 0 Å². The number of alkyl halides is 3. The fraction of sp³-hybridized carbons (Fsp3) is 1.00. The average molecular weight is 671 g/mol. The predicted molar refractivity (Wildman–Crippen MR) is 172 cm³/mol. The van der Waals surface area contributed by atoms with E-state index in [0.717, 1.165) is 38.3 Å². The Hall–Kier alpha value is -0.490. The predicted octanol–water partition coefficient (Wildman–Crippen LogP) is 5.62. The fourth-order valence-electron chi connectivity index (χ4n) is 11.3. The second kappa shape index (κ2) is 14.3. The monoisotopic (exact) mass is 670 g/mol. The summed E-state index contributed by atoms with van der Waals surface area (Å²) in [5, 5.41) is 46.3. The molecule has 7 nitrogen and oxygen atoms in total. The molecule has 0 aromatic carbocycles. The average Bonchev–Trinajstić information content (AvgIpc) is 3.30. The van der Waals surface area contributed by atoms with Gasteiger partial charge in [0.1, 0.15) is 6.23 Å². The number of ether oxygens (including phenoxy) is 1. The zero-order valence-corrected chi connectivity index (χ0v) is 28.3. The van der Waals surface area contributed by atoms with Crippen LogP contribution < -0.4 is 0 Å². The van der Waals surface area contributed by atoms with Crippen LogP contribution in [0, 0.1) is 35.5 Å². The molecule has 7 aliphatic rings. The normalized spacial score (nSPS) is 41.1. The Labute approximate surface area is 279 Å². The summed E-state index contributed by atoms with van der Waals surface area (Å²) in [6, 6.07) is 0.256. The van der Waals surface area contributed by atoms with E-state index in [1.165, 1.54) is 70.6 Å². The quantitative estimate of drug-likeness (QED) is 0.180. The molecule has 0 radical (unpaired) electrons. The van der Waals surface area contributed by atoms with E-state index in [9.17, 15) is 33.6 Å². The van der Waals surface area contributed by atoms with Crippen LogP contribution >= 0.6 is 0 Å². The first-order valence-electron chi connectivity index (χ1n) is 19.5. The minimum absolute atomic E-state index is 0.0320. The van der Waals surface area contributed by atoms with Crippen molar-refractivity contribution in [3.63, 3.8) is 0 Å². The minimum Gasteiger partial charge on any atom is -0.393 e. The van der Waals surface area contributed by atoms with Gasteiger partial charge in [-0.3, -0.25) is 9.80 Å². The second-order valence-corrected chi connectivity index (χ2v) is 17.0. The lowest BCUT2D eigenvalue weighted by Crippen LogP contribution is -2.55. The van der Waals surface area contributed by atoms with Crippen LogP contribution in [0.2, 0.25) is 0 Å². The molecule has 4 N–H and O–H groups in total. The Bertz CT molecular complexity index is 1040. The lowest BCUT2D eigenvalue weighted by molar-refractivity contribution is -0.211. The third-order valence-electron chi connectivity index (χ3n) is 14.2. The Kier molecular flexibility index (Phi) is 10.6. The van der Waals surface area contributed by atoms with Crippen LogP contribution in [0.1, 0.15) is 122 Å². The molecule has 0 amide bonds. The van der Waals surface area contributed by atoms with Crippen molar-refractivity contribution < 1.29 is 38.3 Å². The van der Waals surface area contributed by atoms with E-state index in [4.69, 9.17) is 4.74 Å².